The molecule has 5 heteroatoms. The maximum absolute atomic E-state index is 11.1. The van der Waals surface area contributed by atoms with Crippen LogP contribution in [-0.4, -0.2) is 23.2 Å². The zero-order chi connectivity index (χ0) is 11.1. The molecule has 2 amide bonds. The Labute approximate surface area is 90.2 Å². The van der Waals surface area contributed by atoms with Crippen LogP contribution in [0.15, 0.2) is 0 Å². The van der Waals surface area contributed by atoms with Crippen molar-refractivity contribution >= 4 is 24.4 Å². The lowest BCUT2D eigenvalue weighted by molar-refractivity contribution is -0.126. The van der Waals surface area contributed by atoms with Crippen LogP contribution < -0.4 is 10.6 Å². The standard InChI is InChI=1S/C9H18N2O2S/c1-6(2)10-8(12)4-5-9(13)11-7(3)14/h6-7,14H,4-5H2,1-3H3,(H,10,12)(H,11,13). The first-order valence-corrected chi connectivity index (χ1v) is 5.20. The predicted molar refractivity (Wildman–Crippen MR) is 59.1 cm³/mol. The minimum atomic E-state index is -0.171. The molecule has 0 saturated heterocycles. The van der Waals surface area contributed by atoms with Crippen LogP contribution in [0, 0.1) is 0 Å². The molecule has 0 aromatic rings. The van der Waals surface area contributed by atoms with Gasteiger partial charge in [-0.3, -0.25) is 9.59 Å². The summed E-state index contributed by atoms with van der Waals surface area (Å²) in [6.07, 6.45) is 0.438. The molecule has 0 aromatic carbocycles. The molecule has 0 fully saturated rings. The molecular weight excluding hydrogens is 200 g/mol. The molecule has 0 aliphatic carbocycles. The van der Waals surface area contributed by atoms with E-state index in [1.807, 2.05) is 13.8 Å². The number of carbonyl (C=O) groups is 2. The fourth-order valence-electron chi connectivity index (χ4n) is 0.926. The van der Waals surface area contributed by atoms with E-state index < -0.39 is 0 Å². The van der Waals surface area contributed by atoms with Crippen molar-refractivity contribution in [2.45, 2.75) is 45.0 Å². The number of hydrogen-bond donors (Lipinski definition) is 3. The van der Waals surface area contributed by atoms with Gasteiger partial charge in [0.05, 0.1) is 5.37 Å². The molecular formula is C9H18N2O2S. The van der Waals surface area contributed by atoms with Gasteiger partial charge in [-0.1, -0.05) is 0 Å². The Bertz CT molecular complexity index is 183. The van der Waals surface area contributed by atoms with Crippen LogP contribution in [-0.2, 0) is 9.59 Å². The number of nitrogens with one attached hydrogen (secondary N) is 2. The predicted octanol–water partition coefficient (Wildman–Crippen LogP) is 0.683. The normalized spacial score (nSPS) is 12.4. The quantitative estimate of drug-likeness (QED) is 0.469. The van der Waals surface area contributed by atoms with E-state index in [4.69, 9.17) is 0 Å². The minimum absolute atomic E-state index is 0.0954. The van der Waals surface area contributed by atoms with E-state index >= 15 is 0 Å². The van der Waals surface area contributed by atoms with Gasteiger partial charge in [-0.25, -0.2) is 0 Å². The molecule has 0 aliphatic heterocycles. The molecule has 0 aromatic heterocycles. The molecule has 1 unspecified atom stereocenters. The van der Waals surface area contributed by atoms with Crippen molar-refractivity contribution in [3.05, 3.63) is 0 Å². The molecule has 1 atom stereocenters. The van der Waals surface area contributed by atoms with Crippen LogP contribution in [0.5, 0.6) is 0 Å². The fraction of sp³-hybridized carbons (Fsp3) is 0.778. The molecule has 0 heterocycles. The number of hydrogen-bond acceptors (Lipinski definition) is 3. The van der Waals surface area contributed by atoms with Gasteiger partial charge in [0.15, 0.2) is 0 Å². The molecule has 0 spiro atoms. The number of rotatable bonds is 5. The van der Waals surface area contributed by atoms with Crippen LogP contribution in [0.2, 0.25) is 0 Å². The van der Waals surface area contributed by atoms with Gasteiger partial charge >= 0.3 is 0 Å². The summed E-state index contributed by atoms with van der Waals surface area (Å²) in [6, 6.07) is 0.120. The van der Waals surface area contributed by atoms with Crippen LogP contribution in [0.3, 0.4) is 0 Å². The Morgan fingerprint density at radius 3 is 1.86 bits per heavy atom. The van der Waals surface area contributed by atoms with Crippen molar-refractivity contribution in [2.24, 2.45) is 0 Å². The molecule has 0 radical (unpaired) electrons. The van der Waals surface area contributed by atoms with Gasteiger partial charge in [0, 0.05) is 18.9 Å². The van der Waals surface area contributed by atoms with Crippen molar-refractivity contribution in [1.29, 1.82) is 0 Å². The van der Waals surface area contributed by atoms with Crippen LogP contribution >= 0.6 is 12.6 Å². The van der Waals surface area contributed by atoms with Gasteiger partial charge in [0.1, 0.15) is 0 Å². The van der Waals surface area contributed by atoms with Crippen LogP contribution in [0.4, 0.5) is 0 Å². The number of amides is 2. The molecule has 2 N–H and O–H groups in total. The highest BCUT2D eigenvalue weighted by atomic mass is 32.1. The first-order valence-electron chi connectivity index (χ1n) is 4.68. The van der Waals surface area contributed by atoms with E-state index in [9.17, 15) is 9.59 Å². The third-order valence-electron chi connectivity index (χ3n) is 1.40. The molecule has 0 bridgehead atoms. The van der Waals surface area contributed by atoms with Gasteiger partial charge in [-0.2, -0.15) is 12.6 Å². The van der Waals surface area contributed by atoms with Gasteiger partial charge in [0.25, 0.3) is 0 Å². The van der Waals surface area contributed by atoms with Gasteiger partial charge in [-0.15, -0.1) is 0 Å². The van der Waals surface area contributed by atoms with Crippen molar-refractivity contribution in [1.82, 2.24) is 10.6 Å². The second kappa shape index (κ2) is 6.70. The monoisotopic (exact) mass is 218 g/mol. The Balaban J connectivity index is 3.61. The fourth-order valence-corrected chi connectivity index (χ4v) is 1.07. The topological polar surface area (TPSA) is 58.2 Å². The second-order valence-corrected chi connectivity index (χ2v) is 4.24. The summed E-state index contributed by atoms with van der Waals surface area (Å²) in [5.74, 6) is -0.242. The van der Waals surface area contributed by atoms with E-state index in [1.165, 1.54) is 0 Å². The van der Waals surface area contributed by atoms with Crippen LogP contribution in [0.1, 0.15) is 33.6 Å². The Morgan fingerprint density at radius 1 is 1.07 bits per heavy atom. The molecule has 14 heavy (non-hydrogen) atoms. The highest BCUT2D eigenvalue weighted by molar-refractivity contribution is 7.80. The summed E-state index contributed by atoms with van der Waals surface area (Å²) in [4.78, 5) is 22.2. The zero-order valence-electron chi connectivity index (χ0n) is 8.83. The second-order valence-electron chi connectivity index (χ2n) is 3.47. The first kappa shape index (κ1) is 13.3. The van der Waals surface area contributed by atoms with E-state index in [-0.39, 0.29) is 36.1 Å². The van der Waals surface area contributed by atoms with Crippen molar-refractivity contribution in [3.8, 4) is 0 Å². The maximum Gasteiger partial charge on any atom is 0.221 e. The van der Waals surface area contributed by atoms with Gasteiger partial charge in [-0.05, 0) is 20.8 Å². The van der Waals surface area contributed by atoms with Crippen molar-refractivity contribution in [2.75, 3.05) is 0 Å². The lowest BCUT2D eigenvalue weighted by Crippen LogP contribution is -2.33. The summed E-state index contributed by atoms with van der Waals surface area (Å²) in [6.45, 7) is 5.52. The zero-order valence-corrected chi connectivity index (χ0v) is 9.73. The third-order valence-corrected chi connectivity index (χ3v) is 1.53. The lowest BCUT2D eigenvalue weighted by Gasteiger charge is -2.09. The first-order chi connectivity index (χ1) is 6.41. The molecule has 4 nitrogen and oxygen atoms in total. The molecule has 82 valence electrons. The van der Waals surface area contributed by atoms with Gasteiger partial charge in [0.2, 0.25) is 11.8 Å². The lowest BCUT2D eigenvalue weighted by atomic mass is 10.2. The largest absolute Gasteiger partial charge is 0.354 e. The Hall–Kier alpha value is -0.710. The summed E-state index contributed by atoms with van der Waals surface area (Å²) in [5, 5.41) is 5.14. The molecule has 0 aliphatic rings. The van der Waals surface area contributed by atoms with E-state index in [0.29, 0.717) is 0 Å². The van der Waals surface area contributed by atoms with Crippen molar-refractivity contribution in [3.63, 3.8) is 0 Å². The van der Waals surface area contributed by atoms with Crippen LogP contribution in [0.25, 0.3) is 0 Å². The van der Waals surface area contributed by atoms with Gasteiger partial charge < -0.3 is 10.6 Å². The molecule has 0 rings (SSSR count). The summed E-state index contributed by atoms with van der Waals surface area (Å²) in [7, 11) is 0. The Kier molecular flexibility index (Phi) is 6.36. The minimum Gasteiger partial charge on any atom is -0.354 e. The number of thiol groups is 1. The van der Waals surface area contributed by atoms with E-state index in [0.717, 1.165) is 0 Å². The SMILES string of the molecule is CC(C)NC(=O)CCC(=O)NC(C)S. The highest BCUT2D eigenvalue weighted by Crippen LogP contribution is 1.93. The summed E-state index contributed by atoms with van der Waals surface area (Å²) in [5.41, 5.74) is 0. The maximum atomic E-state index is 11.1. The average Bonchev–Trinajstić information content (AvgIpc) is 1.98. The van der Waals surface area contributed by atoms with E-state index in [1.54, 1.807) is 6.92 Å². The third kappa shape index (κ3) is 7.91. The number of carbonyl (C=O) groups excluding carboxylic acids is 2. The highest BCUT2D eigenvalue weighted by Gasteiger charge is 2.08. The molecule has 0 saturated carbocycles. The summed E-state index contributed by atoms with van der Waals surface area (Å²) < 4.78 is 0. The smallest absolute Gasteiger partial charge is 0.221 e. The van der Waals surface area contributed by atoms with Crippen molar-refractivity contribution < 1.29 is 9.59 Å². The van der Waals surface area contributed by atoms with E-state index in [2.05, 4.69) is 23.3 Å². The summed E-state index contributed by atoms with van der Waals surface area (Å²) >= 11 is 4.01. The average molecular weight is 218 g/mol. The Morgan fingerprint density at radius 2 is 1.50 bits per heavy atom.